The van der Waals surface area contributed by atoms with E-state index in [2.05, 4.69) is 82.5 Å². The van der Waals surface area contributed by atoms with E-state index in [0.29, 0.717) is 5.92 Å². The van der Waals surface area contributed by atoms with Gasteiger partial charge in [0.25, 0.3) is 0 Å². The first-order chi connectivity index (χ1) is 12.7. The van der Waals surface area contributed by atoms with Crippen molar-refractivity contribution in [1.29, 1.82) is 0 Å². The monoisotopic (exact) mass is 378 g/mol. The lowest BCUT2D eigenvalue weighted by molar-refractivity contribution is 0.419. The third-order valence-corrected chi connectivity index (χ3v) is 5.91. The molecule has 0 saturated carbocycles. The van der Waals surface area contributed by atoms with Crippen molar-refractivity contribution in [3.63, 3.8) is 0 Å². The topological polar surface area (TPSA) is 18.5 Å². The molecular formula is C24H30O2Si. The second kappa shape index (κ2) is 7.39. The van der Waals surface area contributed by atoms with Crippen LogP contribution in [0.15, 0.2) is 66.0 Å². The average Bonchev–Trinajstić information content (AvgIpc) is 2.61. The van der Waals surface area contributed by atoms with Crippen molar-refractivity contribution in [2.75, 3.05) is 7.11 Å². The Morgan fingerprint density at radius 2 is 1.74 bits per heavy atom. The minimum Gasteiger partial charge on any atom is -0.544 e. The number of ether oxygens (including phenoxy) is 1. The molecule has 0 amide bonds. The van der Waals surface area contributed by atoms with Gasteiger partial charge in [0.1, 0.15) is 11.5 Å². The van der Waals surface area contributed by atoms with Gasteiger partial charge in [0.05, 0.1) is 7.11 Å². The van der Waals surface area contributed by atoms with Crippen LogP contribution in [-0.2, 0) is 4.43 Å². The number of allylic oxidation sites excluding steroid dienone is 4. The zero-order valence-electron chi connectivity index (χ0n) is 17.3. The third-order valence-electron chi connectivity index (χ3n) is 5.08. The van der Waals surface area contributed by atoms with Crippen molar-refractivity contribution >= 4 is 24.7 Å². The van der Waals surface area contributed by atoms with Gasteiger partial charge in [-0.3, -0.25) is 0 Å². The molecule has 0 spiro atoms. The van der Waals surface area contributed by atoms with Crippen LogP contribution in [0.25, 0.3) is 16.3 Å². The summed E-state index contributed by atoms with van der Waals surface area (Å²) in [6, 6.07) is 12.7. The van der Waals surface area contributed by atoms with E-state index in [1.54, 1.807) is 7.11 Å². The fraction of sp³-hybridized carbons (Fsp3) is 0.333. The first kappa shape index (κ1) is 19.5. The normalized spacial score (nSPS) is 17.7. The van der Waals surface area contributed by atoms with Crippen molar-refractivity contribution in [3.8, 4) is 5.75 Å². The highest BCUT2D eigenvalue weighted by Crippen LogP contribution is 2.42. The van der Waals surface area contributed by atoms with E-state index in [0.717, 1.165) is 23.3 Å². The maximum absolute atomic E-state index is 6.46. The van der Waals surface area contributed by atoms with Crippen molar-refractivity contribution in [3.05, 3.63) is 71.5 Å². The molecular weight excluding hydrogens is 348 g/mol. The molecule has 0 aromatic heterocycles. The predicted molar refractivity (Wildman–Crippen MR) is 119 cm³/mol. The maximum atomic E-state index is 6.46. The Morgan fingerprint density at radius 1 is 1.07 bits per heavy atom. The number of rotatable bonds is 5. The predicted octanol–water partition coefficient (Wildman–Crippen LogP) is 6.95. The summed E-state index contributed by atoms with van der Waals surface area (Å²) in [7, 11) is 0.0266. The molecule has 0 aliphatic heterocycles. The summed E-state index contributed by atoms with van der Waals surface area (Å²) in [6.07, 6.45) is 3.22. The summed E-state index contributed by atoms with van der Waals surface area (Å²) in [4.78, 5) is 0. The zero-order valence-corrected chi connectivity index (χ0v) is 18.3. The molecule has 2 aromatic rings. The Kier molecular flexibility index (Phi) is 5.34. The van der Waals surface area contributed by atoms with Gasteiger partial charge >= 0.3 is 0 Å². The first-order valence-corrected chi connectivity index (χ1v) is 12.9. The molecule has 1 atom stereocenters. The molecule has 0 unspecified atom stereocenters. The number of fused-ring (bicyclic) bond motifs is 1. The second-order valence-electron chi connectivity index (χ2n) is 8.37. The molecule has 2 aromatic carbocycles. The van der Waals surface area contributed by atoms with E-state index >= 15 is 0 Å². The molecule has 2 nitrogen and oxygen atoms in total. The molecule has 142 valence electrons. The van der Waals surface area contributed by atoms with Gasteiger partial charge < -0.3 is 9.16 Å². The van der Waals surface area contributed by atoms with Crippen LogP contribution in [0.5, 0.6) is 5.75 Å². The van der Waals surface area contributed by atoms with E-state index < -0.39 is 8.32 Å². The lowest BCUT2D eigenvalue weighted by atomic mass is 9.81. The molecule has 3 rings (SSSR count). The third kappa shape index (κ3) is 4.03. The Bertz CT molecular complexity index is 944. The molecule has 0 N–H and O–H groups in total. The van der Waals surface area contributed by atoms with Gasteiger partial charge in [-0.15, -0.1) is 0 Å². The van der Waals surface area contributed by atoms with Gasteiger partial charge in [0.2, 0.25) is 8.32 Å². The Labute approximate surface area is 164 Å². The summed E-state index contributed by atoms with van der Waals surface area (Å²) in [6.45, 7) is 15.2. The molecule has 0 bridgehead atoms. The van der Waals surface area contributed by atoms with Gasteiger partial charge in [0.15, 0.2) is 0 Å². The number of methoxy groups -OCH3 is 1. The molecule has 1 aliphatic rings. The Hall–Kier alpha value is -2.26. The van der Waals surface area contributed by atoms with Crippen LogP contribution in [0, 0.1) is 5.92 Å². The molecule has 3 heteroatoms. The fourth-order valence-corrected chi connectivity index (χ4v) is 4.55. The highest BCUT2D eigenvalue weighted by atomic mass is 28.4. The van der Waals surface area contributed by atoms with Crippen molar-refractivity contribution in [2.45, 2.75) is 39.9 Å². The van der Waals surface area contributed by atoms with E-state index in [9.17, 15) is 0 Å². The van der Waals surface area contributed by atoms with Crippen LogP contribution in [0.1, 0.15) is 25.8 Å². The second-order valence-corrected chi connectivity index (χ2v) is 12.8. The largest absolute Gasteiger partial charge is 0.544 e. The van der Waals surface area contributed by atoms with E-state index in [4.69, 9.17) is 9.16 Å². The maximum Gasteiger partial charge on any atom is 0.242 e. The number of hydrogen-bond acceptors (Lipinski definition) is 2. The van der Waals surface area contributed by atoms with Gasteiger partial charge in [-0.1, -0.05) is 42.5 Å². The molecule has 0 saturated heterocycles. The Balaban J connectivity index is 2.20. The van der Waals surface area contributed by atoms with Gasteiger partial charge in [-0.2, -0.15) is 0 Å². The van der Waals surface area contributed by atoms with E-state index in [1.165, 1.54) is 27.7 Å². The fourth-order valence-electron chi connectivity index (χ4n) is 3.67. The lowest BCUT2D eigenvalue weighted by Crippen LogP contribution is -2.26. The van der Waals surface area contributed by atoms with Crippen LogP contribution in [-0.4, -0.2) is 15.4 Å². The van der Waals surface area contributed by atoms with Crippen LogP contribution >= 0.6 is 0 Å². The minimum atomic E-state index is -1.70. The van der Waals surface area contributed by atoms with Crippen molar-refractivity contribution in [1.82, 2.24) is 0 Å². The molecule has 1 aliphatic carbocycles. The standard InChI is InChI=1S/C24H30O2Si/c1-16(2)18-14-22(17(3)24(15-18)26-27(5,6)7)20-12-13-23(25-4)21-11-9-8-10-19(20)21/h8-13,15,18H,1,14H2,2-7H3/t18-/m0/s1. The lowest BCUT2D eigenvalue weighted by Gasteiger charge is -2.31. The summed E-state index contributed by atoms with van der Waals surface area (Å²) >= 11 is 0. The number of benzene rings is 2. The quantitative estimate of drug-likeness (QED) is 0.414. The molecule has 27 heavy (non-hydrogen) atoms. The smallest absolute Gasteiger partial charge is 0.242 e. The molecule has 0 fully saturated rings. The Morgan fingerprint density at radius 3 is 2.33 bits per heavy atom. The highest BCUT2D eigenvalue weighted by molar-refractivity contribution is 6.70. The molecule has 0 heterocycles. The average molecular weight is 379 g/mol. The number of hydrogen-bond donors (Lipinski definition) is 0. The van der Waals surface area contributed by atoms with E-state index in [1.807, 2.05) is 0 Å². The van der Waals surface area contributed by atoms with Crippen molar-refractivity contribution in [2.24, 2.45) is 5.92 Å². The SMILES string of the molecule is C=C(C)[C@@H]1C=C(O[Si](C)(C)C)C(C)=C(c2ccc(OC)c3ccccc23)C1. The molecule has 0 radical (unpaired) electrons. The summed E-state index contributed by atoms with van der Waals surface area (Å²) < 4.78 is 12.0. The summed E-state index contributed by atoms with van der Waals surface area (Å²) in [5, 5.41) is 2.37. The van der Waals surface area contributed by atoms with Crippen molar-refractivity contribution < 1.29 is 9.16 Å². The summed E-state index contributed by atoms with van der Waals surface area (Å²) in [5.74, 6) is 2.24. The van der Waals surface area contributed by atoms with Gasteiger partial charge in [-0.05, 0) is 74.1 Å². The van der Waals surface area contributed by atoms with E-state index in [-0.39, 0.29) is 0 Å². The van der Waals surface area contributed by atoms with Crippen LogP contribution in [0.3, 0.4) is 0 Å². The first-order valence-electron chi connectivity index (χ1n) is 9.53. The highest BCUT2D eigenvalue weighted by Gasteiger charge is 2.27. The van der Waals surface area contributed by atoms with Gasteiger partial charge in [0, 0.05) is 11.3 Å². The zero-order chi connectivity index (χ0) is 19.8. The van der Waals surface area contributed by atoms with Crippen LogP contribution in [0.2, 0.25) is 19.6 Å². The summed E-state index contributed by atoms with van der Waals surface area (Å²) in [5.41, 5.74) is 5.03. The van der Waals surface area contributed by atoms with Crippen LogP contribution in [0.4, 0.5) is 0 Å². The van der Waals surface area contributed by atoms with Gasteiger partial charge in [-0.25, -0.2) is 0 Å². The minimum absolute atomic E-state index is 0.302. The van der Waals surface area contributed by atoms with Crippen LogP contribution < -0.4 is 4.74 Å².